The minimum absolute atomic E-state index is 0.106. The van der Waals surface area contributed by atoms with Gasteiger partial charge in [-0.25, -0.2) is 0 Å². The molecule has 0 radical (unpaired) electrons. The van der Waals surface area contributed by atoms with Crippen molar-refractivity contribution in [3.63, 3.8) is 0 Å². The van der Waals surface area contributed by atoms with Crippen LogP contribution in [0.5, 0.6) is 11.5 Å². The Labute approximate surface area is 86.7 Å². The normalized spacial score (nSPS) is 18.1. The highest BCUT2D eigenvalue weighted by Gasteiger charge is 2.32. The van der Waals surface area contributed by atoms with Gasteiger partial charge in [0, 0.05) is 12.0 Å². The van der Waals surface area contributed by atoms with Crippen molar-refractivity contribution < 1.29 is 14.6 Å². The summed E-state index contributed by atoms with van der Waals surface area (Å²) in [6.07, 6.45) is 0.737. The fourth-order valence-corrected chi connectivity index (χ4v) is 1.69. The van der Waals surface area contributed by atoms with Gasteiger partial charge in [0.05, 0.1) is 12.0 Å². The standard InChI is InChI=1S/C11H9NO3/c12-5-1-2-8-9-6-7(13)3-4-10(9)15-11(8)14/h3-4,6,8,13H,1-2H2. The minimum Gasteiger partial charge on any atom is -0.508 e. The van der Waals surface area contributed by atoms with Gasteiger partial charge in [-0.3, -0.25) is 4.79 Å². The Morgan fingerprint density at radius 1 is 1.53 bits per heavy atom. The van der Waals surface area contributed by atoms with Gasteiger partial charge in [-0.05, 0) is 24.6 Å². The van der Waals surface area contributed by atoms with Crippen LogP contribution in [-0.2, 0) is 4.79 Å². The number of benzene rings is 1. The lowest BCUT2D eigenvalue weighted by Gasteiger charge is -2.03. The van der Waals surface area contributed by atoms with E-state index in [0.29, 0.717) is 24.2 Å². The average Bonchev–Trinajstić information content (AvgIpc) is 2.51. The van der Waals surface area contributed by atoms with Gasteiger partial charge >= 0.3 is 5.97 Å². The van der Waals surface area contributed by atoms with Crippen molar-refractivity contribution in [2.45, 2.75) is 18.8 Å². The fraction of sp³-hybridized carbons (Fsp3) is 0.273. The van der Waals surface area contributed by atoms with E-state index in [2.05, 4.69) is 0 Å². The van der Waals surface area contributed by atoms with Crippen LogP contribution in [0.3, 0.4) is 0 Å². The van der Waals surface area contributed by atoms with Gasteiger partial charge < -0.3 is 9.84 Å². The quantitative estimate of drug-likeness (QED) is 0.586. The predicted octanol–water partition coefficient (Wildman–Crippen LogP) is 1.70. The van der Waals surface area contributed by atoms with E-state index in [1.54, 1.807) is 6.07 Å². The number of carbonyl (C=O) groups excluding carboxylic acids is 1. The number of esters is 1. The Hall–Kier alpha value is -2.02. The number of hydrogen-bond donors (Lipinski definition) is 1. The van der Waals surface area contributed by atoms with Gasteiger partial charge in [0.25, 0.3) is 0 Å². The number of rotatable bonds is 2. The molecule has 1 aromatic carbocycles. The summed E-state index contributed by atoms with van der Waals surface area (Å²) < 4.78 is 5.01. The van der Waals surface area contributed by atoms with Crippen molar-refractivity contribution >= 4 is 5.97 Å². The van der Waals surface area contributed by atoms with Crippen LogP contribution in [0.1, 0.15) is 24.3 Å². The third-order valence-electron chi connectivity index (χ3n) is 2.41. The Morgan fingerprint density at radius 2 is 2.33 bits per heavy atom. The smallest absolute Gasteiger partial charge is 0.318 e. The van der Waals surface area contributed by atoms with Crippen LogP contribution >= 0.6 is 0 Å². The molecule has 0 amide bonds. The Balaban J connectivity index is 2.32. The molecule has 0 aliphatic carbocycles. The Kier molecular flexibility index (Phi) is 2.30. The third kappa shape index (κ3) is 1.64. The highest BCUT2D eigenvalue weighted by atomic mass is 16.5. The first-order valence-electron chi connectivity index (χ1n) is 4.64. The highest BCUT2D eigenvalue weighted by molar-refractivity contribution is 5.86. The number of aromatic hydroxyl groups is 1. The summed E-state index contributed by atoms with van der Waals surface area (Å²) in [4.78, 5) is 11.4. The Morgan fingerprint density at radius 3 is 3.07 bits per heavy atom. The number of ether oxygens (including phenoxy) is 1. The monoisotopic (exact) mass is 203 g/mol. The maximum absolute atomic E-state index is 11.4. The van der Waals surface area contributed by atoms with E-state index >= 15 is 0 Å². The van der Waals surface area contributed by atoms with Crippen LogP contribution in [0, 0.1) is 11.3 Å². The zero-order chi connectivity index (χ0) is 10.8. The minimum atomic E-state index is -0.410. The van der Waals surface area contributed by atoms with Crippen molar-refractivity contribution in [1.29, 1.82) is 5.26 Å². The summed E-state index contributed by atoms with van der Waals surface area (Å²) in [6.45, 7) is 0. The lowest BCUT2D eigenvalue weighted by molar-refractivity contribution is -0.134. The molecule has 4 heteroatoms. The van der Waals surface area contributed by atoms with Crippen molar-refractivity contribution in [2.24, 2.45) is 0 Å². The molecular weight excluding hydrogens is 194 g/mol. The maximum Gasteiger partial charge on any atom is 0.318 e. The zero-order valence-electron chi connectivity index (χ0n) is 7.93. The summed E-state index contributed by atoms with van der Waals surface area (Å²) in [5.74, 6) is -0.160. The van der Waals surface area contributed by atoms with Crippen molar-refractivity contribution in [3.8, 4) is 17.6 Å². The van der Waals surface area contributed by atoms with E-state index in [1.165, 1.54) is 12.1 Å². The molecule has 76 valence electrons. The maximum atomic E-state index is 11.4. The number of carbonyl (C=O) groups is 1. The topological polar surface area (TPSA) is 70.3 Å². The molecule has 0 spiro atoms. The molecule has 1 atom stereocenters. The third-order valence-corrected chi connectivity index (χ3v) is 2.41. The summed E-state index contributed by atoms with van der Waals surface area (Å²) in [7, 11) is 0. The molecule has 15 heavy (non-hydrogen) atoms. The largest absolute Gasteiger partial charge is 0.508 e. The first-order valence-corrected chi connectivity index (χ1v) is 4.64. The van der Waals surface area contributed by atoms with Gasteiger partial charge in [0.2, 0.25) is 0 Å². The number of hydrogen-bond acceptors (Lipinski definition) is 4. The molecule has 2 rings (SSSR count). The van der Waals surface area contributed by atoms with Crippen LogP contribution < -0.4 is 4.74 Å². The molecule has 1 aliphatic heterocycles. The molecule has 1 aliphatic rings. The highest BCUT2D eigenvalue weighted by Crippen LogP contribution is 2.39. The fourth-order valence-electron chi connectivity index (χ4n) is 1.69. The number of fused-ring (bicyclic) bond motifs is 1. The van der Waals surface area contributed by atoms with Crippen molar-refractivity contribution in [2.75, 3.05) is 0 Å². The lowest BCUT2D eigenvalue weighted by atomic mass is 9.96. The number of phenolic OH excluding ortho intramolecular Hbond substituents is 1. The summed E-state index contributed by atoms with van der Waals surface area (Å²) >= 11 is 0. The molecule has 0 bridgehead atoms. The van der Waals surface area contributed by atoms with Gasteiger partial charge in [0.15, 0.2) is 0 Å². The second-order valence-electron chi connectivity index (χ2n) is 3.39. The zero-order valence-corrected chi connectivity index (χ0v) is 7.93. The molecule has 0 aromatic heterocycles. The van der Waals surface area contributed by atoms with Crippen LogP contribution in [0.2, 0.25) is 0 Å². The average molecular weight is 203 g/mol. The molecule has 4 nitrogen and oxygen atoms in total. The number of phenols is 1. The van der Waals surface area contributed by atoms with Crippen LogP contribution in [0.4, 0.5) is 0 Å². The summed E-state index contributed by atoms with van der Waals surface area (Å²) in [5, 5.41) is 17.8. The molecule has 1 aromatic rings. The van der Waals surface area contributed by atoms with E-state index < -0.39 is 5.92 Å². The van der Waals surface area contributed by atoms with E-state index in [-0.39, 0.29) is 11.7 Å². The molecular formula is C11H9NO3. The van der Waals surface area contributed by atoms with Crippen molar-refractivity contribution in [3.05, 3.63) is 23.8 Å². The van der Waals surface area contributed by atoms with Gasteiger partial charge in [0.1, 0.15) is 11.5 Å². The first kappa shape index (κ1) is 9.53. The lowest BCUT2D eigenvalue weighted by Crippen LogP contribution is -2.09. The second-order valence-corrected chi connectivity index (χ2v) is 3.39. The number of nitriles is 1. The summed E-state index contributed by atoms with van der Waals surface area (Å²) in [5.41, 5.74) is 0.676. The molecule has 0 saturated heterocycles. The molecule has 0 fully saturated rings. The second kappa shape index (κ2) is 3.62. The predicted molar refractivity (Wildman–Crippen MR) is 51.3 cm³/mol. The van der Waals surface area contributed by atoms with Gasteiger partial charge in [-0.2, -0.15) is 5.26 Å². The van der Waals surface area contributed by atoms with Crippen LogP contribution in [0.15, 0.2) is 18.2 Å². The van der Waals surface area contributed by atoms with E-state index in [4.69, 9.17) is 10.00 Å². The number of nitrogens with zero attached hydrogens (tertiary/aromatic N) is 1. The van der Waals surface area contributed by atoms with Crippen LogP contribution in [0.25, 0.3) is 0 Å². The van der Waals surface area contributed by atoms with Gasteiger partial charge in [-0.15, -0.1) is 0 Å². The van der Waals surface area contributed by atoms with Crippen molar-refractivity contribution in [1.82, 2.24) is 0 Å². The summed E-state index contributed by atoms with van der Waals surface area (Å²) in [6, 6.07) is 6.54. The van der Waals surface area contributed by atoms with Crippen LogP contribution in [-0.4, -0.2) is 11.1 Å². The SMILES string of the molecule is N#CCCC1C(=O)Oc2ccc(O)cc21. The Bertz CT molecular complexity index is 448. The molecule has 1 N–H and O–H groups in total. The molecule has 1 heterocycles. The first-order chi connectivity index (χ1) is 7.22. The molecule has 1 unspecified atom stereocenters. The van der Waals surface area contributed by atoms with E-state index in [1.807, 2.05) is 6.07 Å². The van der Waals surface area contributed by atoms with E-state index in [9.17, 15) is 9.90 Å². The molecule has 0 saturated carbocycles. The van der Waals surface area contributed by atoms with Gasteiger partial charge in [-0.1, -0.05) is 0 Å². The van der Waals surface area contributed by atoms with E-state index in [0.717, 1.165) is 0 Å².